The maximum absolute atomic E-state index is 13.1. The van der Waals surface area contributed by atoms with E-state index < -0.39 is 0 Å². The molecule has 2 heterocycles. The van der Waals surface area contributed by atoms with E-state index in [1.807, 2.05) is 47.4 Å². The van der Waals surface area contributed by atoms with E-state index in [9.17, 15) is 4.79 Å². The van der Waals surface area contributed by atoms with Gasteiger partial charge in [0.05, 0.1) is 21.8 Å². The van der Waals surface area contributed by atoms with Gasteiger partial charge < -0.3 is 4.90 Å². The maximum Gasteiger partial charge on any atom is 0.273 e. The van der Waals surface area contributed by atoms with Crippen molar-refractivity contribution in [3.8, 4) is 11.3 Å². The first-order valence-corrected chi connectivity index (χ1v) is 9.77. The third-order valence-corrected chi connectivity index (χ3v) is 5.66. The van der Waals surface area contributed by atoms with Crippen molar-refractivity contribution < 1.29 is 4.79 Å². The van der Waals surface area contributed by atoms with Crippen LogP contribution in [0, 0.1) is 0 Å². The first-order chi connectivity index (χ1) is 13.1. The number of carbonyl (C=O) groups is 1. The van der Waals surface area contributed by atoms with Gasteiger partial charge in [0.1, 0.15) is 5.69 Å². The smallest absolute Gasteiger partial charge is 0.273 e. The minimum atomic E-state index is -0.234. The van der Waals surface area contributed by atoms with Gasteiger partial charge in [0.15, 0.2) is 0 Å². The largest absolute Gasteiger partial charge is 0.326 e. The van der Waals surface area contributed by atoms with Crippen LogP contribution in [-0.2, 0) is 0 Å². The summed E-state index contributed by atoms with van der Waals surface area (Å²) < 4.78 is 0. The number of aromatic nitrogens is 2. The summed E-state index contributed by atoms with van der Waals surface area (Å²) in [7, 11) is 0. The van der Waals surface area contributed by atoms with Crippen molar-refractivity contribution in [3.05, 3.63) is 75.4 Å². The van der Waals surface area contributed by atoms with Crippen molar-refractivity contribution in [1.29, 1.82) is 0 Å². The highest BCUT2D eigenvalue weighted by atomic mass is 35.5. The number of hydrogen-bond acceptors (Lipinski definition) is 2. The highest BCUT2D eigenvalue weighted by molar-refractivity contribution is 6.42. The number of nitrogens with zero attached hydrogens (tertiary/aromatic N) is 2. The lowest BCUT2D eigenvalue weighted by atomic mass is 9.96. The van der Waals surface area contributed by atoms with Gasteiger partial charge in [-0.1, -0.05) is 72.9 Å². The number of unbranched alkanes of at least 4 members (excludes halogenated alkanes) is 1. The van der Waals surface area contributed by atoms with E-state index in [0.29, 0.717) is 22.3 Å². The van der Waals surface area contributed by atoms with E-state index in [-0.39, 0.29) is 11.9 Å². The molecule has 0 radical (unpaired) electrons. The normalized spacial score (nSPS) is 16.0. The number of fused-ring (bicyclic) bond motifs is 1. The molecule has 138 valence electrons. The first-order valence-electron chi connectivity index (χ1n) is 9.01. The Labute approximate surface area is 168 Å². The Bertz CT molecular complexity index is 984. The van der Waals surface area contributed by atoms with Crippen molar-refractivity contribution in [3.63, 3.8) is 0 Å². The molecule has 0 fully saturated rings. The third-order valence-electron chi connectivity index (χ3n) is 4.92. The molecule has 0 aliphatic carbocycles. The molecule has 1 atom stereocenters. The van der Waals surface area contributed by atoms with Crippen LogP contribution in [-0.4, -0.2) is 27.5 Å². The number of aromatic amines is 1. The number of rotatable bonds is 5. The number of H-pyrrole nitrogens is 1. The van der Waals surface area contributed by atoms with E-state index in [0.717, 1.165) is 35.2 Å². The second-order valence-corrected chi connectivity index (χ2v) is 7.47. The highest BCUT2D eigenvalue weighted by Crippen LogP contribution is 2.43. The molecule has 1 amide bonds. The Morgan fingerprint density at radius 2 is 1.89 bits per heavy atom. The summed E-state index contributed by atoms with van der Waals surface area (Å²) in [5.74, 6) is -0.0239. The number of carbonyl (C=O) groups excluding carboxylic acids is 1. The Hall–Kier alpha value is -2.30. The number of halogens is 2. The molecule has 0 saturated carbocycles. The van der Waals surface area contributed by atoms with Crippen LogP contribution in [0.15, 0.2) is 48.5 Å². The quantitative estimate of drug-likeness (QED) is 0.595. The Morgan fingerprint density at radius 3 is 2.59 bits per heavy atom. The van der Waals surface area contributed by atoms with Crippen LogP contribution < -0.4 is 0 Å². The van der Waals surface area contributed by atoms with E-state index in [1.165, 1.54) is 0 Å². The molecule has 1 unspecified atom stereocenters. The topological polar surface area (TPSA) is 49.0 Å². The zero-order valence-corrected chi connectivity index (χ0v) is 16.4. The SMILES string of the molecule is CCCCN1C(=O)c2[nH]nc(-c3ccccc3)c2C1c1ccc(Cl)c(Cl)c1. The van der Waals surface area contributed by atoms with Crippen LogP contribution in [0.25, 0.3) is 11.3 Å². The molecule has 27 heavy (non-hydrogen) atoms. The molecule has 1 aliphatic heterocycles. The van der Waals surface area contributed by atoms with Gasteiger partial charge >= 0.3 is 0 Å². The lowest BCUT2D eigenvalue weighted by molar-refractivity contribution is 0.0741. The minimum Gasteiger partial charge on any atom is -0.326 e. The molecule has 4 nitrogen and oxygen atoms in total. The zero-order chi connectivity index (χ0) is 19.0. The average molecular weight is 400 g/mol. The molecule has 1 N–H and O–H groups in total. The predicted molar refractivity (Wildman–Crippen MR) is 108 cm³/mol. The van der Waals surface area contributed by atoms with Crippen LogP contribution in [0.3, 0.4) is 0 Å². The predicted octanol–water partition coefficient (Wildman–Crippen LogP) is 5.73. The summed E-state index contributed by atoms with van der Waals surface area (Å²) in [4.78, 5) is 15.0. The number of hydrogen-bond donors (Lipinski definition) is 1. The first kappa shape index (κ1) is 18.1. The Morgan fingerprint density at radius 1 is 1.11 bits per heavy atom. The van der Waals surface area contributed by atoms with Gasteiger partial charge in [-0.15, -0.1) is 0 Å². The second kappa shape index (κ2) is 7.37. The fraction of sp³-hybridized carbons (Fsp3) is 0.238. The Kier molecular flexibility index (Phi) is 4.94. The molecule has 0 bridgehead atoms. The standard InChI is InChI=1S/C21H19Cl2N3O/c1-2-3-11-26-20(14-9-10-15(22)16(23)12-14)17-18(13-7-5-4-6-8-13)24-25-19(17)21(26)27/h4-10,12,20H,2-3,11H2,1H3,(H,24,25). The van der Waals surface area contributed by atoms with Gasteiger partial charge in [-0.05, 0) is 24.1 Å². The summed E-state index contributed by atoms with van der Waals surface area (Å²) in [5, 5.41) is 8.41. The molecule has 1 aliphatic rings. The van der Waals surface area contributed by atoms with E-state index in [4.69, 9.17) is 23.2 Å². The van der Waals surface area contributed by atoms with Crippen molar-refractivity contribution in [2.75, 3.05) is 6.54 Å². The zero-order valence-electron chi connectivity index (χ0n) is 14.9. The van der Waals surface area contributed by atoms with Gasteiger partial charge in [0.25, 0.3) is 5.91 Å². The molecule has 1 aromatic heterocycles. The number of nitrogens with one attached hydrogen (secondary N) is 1. The van der Waals surface area contributed by atoms with Crippen LogP contribution in [0.2, 0.25) is 10.0 Å². The molecular weight excluding hydrogens is 381 g/mol. The molecule has 0 spiro atoms. The summed E-state index contributed by atoms with van der Waals surface area (Å²) in [6, 6.07) is 15.2. The van der Waals surface area contributed by atoms with Crippen LogP contribution >= 0.6 is 23.2 Å². The fourth-order valence-corrected chi connectivity index (χ4v) is 3.91. The average Bonchev–Trinajstić information content (AvgIpc) is 3.22. The van der Waals surface area contributed by atoms with Gasteiger partial charge in [0, 0.05) is 17.7 Å². The van der Waals surface area contributed by atoms with Crippen LogP contribution in [0.1, 0.15) is 47.4 Å². The summed E-state index contributed by atoms with van der Waals surface area (Å²) >= 11 is 12.4. The second-order valence-electron chi connectivity index (χ2n) is 6.66. The molecule has 0 saturated heterocycles. The van der Waals surface area contributed by atoms with Crippen molar-refractivity contribution in [2.45, 2.75) is 25.8 Å². The van der Waals surface area contributed by atoms with E-state index in [2.05, 4.69) is 17.1 Å². The highest BCUT2D eigenvalue weighted by Gasteiger charge is 2.41. The lowest BCUT2D eigenvalue weighted by Gasteiger charge is -2.26. The minimum absolute atomic E-state index is 0.0239. The lowest BCUT2D eigenvalue weighted by Crippen LogP contribution is -2.30. The molecule has 3 aromatic rings. The number of benzene rings is 2. The van der Waals surface area contributed by atoms with E-state index >= 15 is 0 Å². The molecule has 6 heteroatoms. The van der Waals surface area contributed by atoms with Crippen molar-refractivity contribution in [2.24, 2.45) is 0 Å². The summed E-state index contributed by atoms with van der Waals surface area (Å²) in [6.07, 6.45) is 1.94. The van der Waals surface area contributed by atoms with Gasteiger partial charge in [0.2, 0.25) is 0 Å². The van der Waals surface area contributed by atoms with Crippen molar-refractivity contribution in [1.82, 2.24) is 15.1 Å². The summed E-state index contributed by atoms with van der Waals surface area (Å²) in [6.45, 7) is 2.79. The monoisotopic (exact) mass is 399 g/mol. The third kappa shape index (κ3) is 3.13. The van der Waals surface area contributed by atoms with Crippen LogP contribution in [0.4, 0.5) is 0 Å². The number of amides is 1. The van der Waals surface area contributed by atoms with Gasteiger partial charge in [-0.2, -0.15) is 5.10 Å². The summed E-state index contributed by atoms with van der Waals surface area (Å²) in [5.41, 5.74) is 4.17. The molecular formula is C21H19Cl2N3O. The fourth-order valence-electron chi connectivity index (χ4n) is 3.60. The van der Waals surface area contributed by atoms with Crippen LogP contribution in [0.5, 0.6) is 0 Å². The maximum atomic E-state index is 13.1. The van der Waals surface area contributed by atoms with Gasteiger partial charge in [-0.25, -0.2) is 0 Å². The van der Waals surface area contributed by atoms with E-state index in [1.54, 1.807) is 6.07 Å². The Balaban J connectivity index is 1.87. The van der Waals surface area contributed by atoms with Crippen molar-refractivity contribution >= 4 is 29.1 Å². The van der Waals surface area contributed by atoms with Gasteiger partial charge in [-0.3, -0.25) is 9.89 Å². The molecule has 4 rings (SSSR count). The molecule has 2 aromatic carbocycles.